The van der Waals surface area contributed by atoms with Crippen molar-refractivity contribution in [2.24, 2.45) is 5.92 Å². The van der Waals surface area contributed by atoms with Gasteiger partial charge in [0, 0.05) is 13.1 Å². The number of sulfonamides is 1. The monoisotopic (exact) mass is 519 g/mol. The van der Waals surface area contributed by atoms with E-state index in [1.54, 1.807) is 43.5 Å². The van der Waals surface area contributed by atoms with E-state index in [1.165, 1.54) is 12.0 Å². The summed E-state index contributed by atoms with van der Waals surface area (Å²) in [6.45, 7) is 5.96. The van der Waals surface area contributed by atoms with Crippen LogP contribution in [0.25, 0.3) is 0 Å². The first-order valence-electron chi connectivity index (χ1n) is 11.8. The van der Waals surface area contributed by atoms with E-state index < -0.39 is 28.5 Å². The van der Waals surface area contributed by atoms with E-state index in [0.717, 1.165) is 16.1 Å². The molecule has 2 aromatic rings. The van der Waals surface area contributed by atoms with Gasteiger partial charge >= 0.3 is 0 Å². The van der Waals surface area contributed by atoms with Gasteiger partial charge in [-0.15, -0.1) is 0 Å². The second kappa shape index (κ2) is 13.2. The van der Waals surface area contributed by atoms with Crippen molar-refractivity contribution < 1.29 is 27.5 Å². The molecule has 198 valence electrons. The first kappa shape index (κ1) is 29.0. The topological polar surface area (TPSA) is 105 Å². The van der Waals surface area contributed by atoms with Crippen molar-refractivity contribution in [2.45, 2.75) is 39.8 Å². The number of rotatable bonds is 13. The number of methoxy groups -OCH3 is 2. The number of carbonyl (C=O) groups excluding carboxylic acids is 2. The van der Waals surface area contributed by atoms with Crippen molar-refractivity contribution >= 4 is 27.5 Å². The van der Waals surface area contributed by atoms with Gasteiger partial charge in [-0.25, -0.2) is 8.42 Å². The Bertz CT molecular complexity index is 1100. The molecule has 0 aliphatic heterocycles. The van der Waals surface area contributed by atoms with E-state index in [0.29, 0.717) is 30.2 Å². The third kappa shape index (κ3) is 8.15. The van der Waals surface area contributed by atoms with Crippen LogP contribution in [0.3, 0.4) is 0 Å². The zero-order valence-electron chi connectivity index (χ0n) is 21.9. The van der Waals surface area contributed by atoms with Gasteiger partial charge in [-0.1, -0.05) is 32.9 Å². The summed E-state index contributed by atoms with van der Waals surface area (Å²) in [6.07, 6.45) is 1.41. The Kier molecular flexibility index (Phi) is 10.6. The standard InChI is InChI=1S/C26H37N3O6S/c1-7-24(26(31)27-16-19(2)3)28(17-20-8-12-22(34-4)13-9-20)25(30)18-29(36(6,32)33)21-10-14-23(35-5)15-11-21/h8-15,19,24H,7,16-18H2,1-6H3,(H,27,31)/t24-/m1/s1. The Morgan fingerprint density at radius 1 is 0.944 bits per heavy atom. The van der Waals surface area contributed by atoms with E-state index in [4.69, 9.17) is 9.47 Å². The molecule has 2 amide bonds. The highest BCUT2D eigenvalue weighted by Gasteiger charge is 2.31. The van der Waals surface area contributed by atoms with Crippen molar-refractivity contribution in [3.05, 3.63) is 54.1 Å². The molecule has 10 heteroatoms. The molecule has 1 atom stereocenters. The van der Waals surface area contributed by atoms with Crippen LogP contribution in [0.15, 0.2) is 48.5 Å². The van der Waals surface area contributed by atoms with E-state index in [1.807, 2.05) is 32.9 Å². The van der Waals surface area contributed by atoms with Gasteiger partial charge in [0.25, 0.3) is 0 Å². The zero-order chi connectivity index (χ0) is 26.9. The average molecular weight is 520 g/mol. The molecule has 0 fully saturated rings. The molecule has 2 aromatic carbocycles. The number of hydrogen-bond donors (Lipinski definition) is 1. The quantitative estimate of drug-likeness (QED) is 0.436. The summed E-state index contributed by atoms with van der Waals surface area (Å²) in [5.74, 6) is 0.712. The minimum atomic E-state index is -3.79. The van der Waals surface area contributed by atoms with Gasteiger partial charge < -0.3 is 19.7 Å². The number of benzene rings is 2. The van der Waals surface area contributed by atoms with Crippen LogP contribution in [0, 0.1) is 5.92 Å². The molecule has 2 rings (SSSR count). The van der Waals surface area contributed by atoms with Gasteiger partial charge in [0.2, 0.25) is 21.8 Å². The van der Waals surface area contributed by atoms with Crippen molar-refractivity contribution in [1.82, 2.24) is 10.2 Å². The molecule has 0 spiro atoms. The summed E-state index contributed by atoms with van der Waals surface area (Å²) in [6, 6.07) is 12.8. The Morgan fingerprint density at radius 3 is 1.92 bits per heavy atom. The van der Waals surface area contributed by atoms with Gasteiger partial charge in [-0.2, -0.15) is 0 Å². The maximum atomic E-state index is 13.7. The molecule has 0 heterocycles. The maximum Gasteiger partial charge on any atom is 0.244 e. The zero-order valence-corrected chi connectivity index (χ0v) is 22.7. The van der Waals surface area contributed by atoms with Gasteiger partial charge in [0.15, 0.2) is 0 Å². The van der Waals surface area contributed by atoms with Crippen LogP contribution in [-0.4, -0.2) is 64.7 Å². The summed E-state index contributed by atoms with van der Waals surface area (Å²) < 4.78 is 36.7. The fourth-order valence-corrected chi connectivity index (χ4v) is 4.48. The first-order valence-corrected chi connectivity index (χ1v) is 13.7. The number of anilines is 1. The van der Waals surface area contributed by atoms with E-state index in [2.05, 4.69) is 5.32 Å². The number of amides is 2. The lowest BCUT2D eigenvalue weighted by atomic mass is 10.1. The highest BCUT2D eigenvalue weighted by Crippen LogP contribution is 2.23. The van der Waals surface area contributed by atoms with Gasteiger partial charge in [-0.3, -0.25) is 13.9 Å². The van der Waals surface area contributed by atoms with Crippen LogP contribution < -0.4 is 19.1 Å². The van der Waals surface area contributed by atoms with Crippen LogP contribution in [0.5, 0.6) is 11.5 Å². The van der Waals surface area contributed by atoms with Crippen molar-refractivity contribution in [3.63, 3.8) is 0 Å². The Hall–Kier alpha value is -3.27. The normalized spacial score (nSPS) is 12.1. The molecular formula is C26H37N3O6S. The van der Waals surface area contributed by atoms with Crippen LogP contribution in [0.2, 0.25) is 0 Å². The Balaban J connectivity index is 2.40. The van der Waals surface area contributed by atoms with Gasteiger partial charge in [-0.05, 0) is 54.3 Å². The largest absolute Gasteiger partial charge is 0.497 e. The molecule has 0 aromatic heterocycles. The average Bonchev–Trinajstić information content (AvgIpc) is 2.85. The lowest BCUT2D eigenvalue weighted by molar-refractivity contribution is -0.140. The predicted octanol–water partition coefficient (Wildman–Crippen LogP) is 3.05. The third-order valence-corrected chi connectivity index (χ3v) is 6.76. The molecule has 9 nitrogen and oxygen atoms in total. The Morgan fingerprint density at radius 2 is 1.47 bits per heavy atom. The van der Waals surface area contributed by atoms with Gasteiger partial charge in [0.1, 0.15) is 24.1 Å². The highest BCUT2D eigenvalue weighted by molar-refractivity contribution is 7.92. The fraction of sp³-hybridized carbons (Fsp3) is 0.462. The molecular weight excluding hydrogens is 482 g/mol. The van der Waals surface area contributed by atoms with E-state index in [-0.39, 0.29) is 18.4 Å². The number of carbonyl (C=O) groups is 2. The summed E-state index contributed by atoms with van der Waals surface area (Å²) in [7, 11) is -0.716. The van der Waals surface area contributed by atoms with E-state index in [9.17, 15) is 18.0 Å². The van der Waals surface area contributed by atoms with Crippen LogP contribution >= 0.6 is 0 Å². The number of nitrogens with one attached hydrogen (secondary N) is 1. The lowest BCUT2D eigenvalue weighted by Crippen LogP contribution is -2.52. The van der Waals surface area contributed by atoms with Crippen molar-refractivity contribution in [2.75, 3.05) is 37.9 Å². The molecule has 0 bridgehead atoms. The minimum absolute atomic E-state index is 0.136. The summed E-state index contributed by atoms with van der Waals surface area (Å²) >= 11 is 0. The smallest absolute Gasteiger partial charge is 0.244 e. The van der Waals surface area contributed by atoms with Crippen LogP contribution in [0.1, 0.15) is 32.8 Å². The van der Waals surface area contributed by atoms with E-state index >= 15 is 0 Å². The summed E-state index contributed by atoms with van der Waals surface area (Å²) in [5.41, 5.74) is 1.11. The Labute approximate surface area is 214 Å². The molecule has 36 heavy (non-hydrogen) atoms. The summed E-state index contributed by atoms with van der Waals surface area (Å²) in [4.78, 5) is 28.2. The molecule has 0 aliphatic rings. The van der Waals surface area contributed by atoms with Gasteiger partial charge in [0.05, 0.1) is 26.2 Å². The van der Waals surface area contributed by atoms with Crippen LogP contribution in [-0.2, 0) is 26.2 Å². The highest BCUT2D eigenvalue weighted by atomic mass is 32.2. The SMILES string of the molecule is CC[C@H](C(=O)NCC(C)C)N(Cc1ccc(OC)cc1)C(=O)CN(c1ccc(OC)cc1)S(C)(=O)=O. The number of hydrogen-bond acceptors (Lipinski definition) is 6. The molecule has 0 saturated carbocycles. The van der Waals surface area contributed by atoms with Crippen molar-refractivity contribution in [1.29, 1.82) is 0 Å². The molecule has 1 N–H and O–H groups in total. The molecule has 0 saturated heterocycles. The maximum absolute atomic E-state index is 13.7. The summed E-state index contributed by atoms with van der Waals surface area (Å²) in [5, 5.41) is 2.90. The minimum Gasteiger partial charge on any atom is -0.497 e. The second-order valence-electron chi connectivity index (χ2n) is 8.90. The molecule has 0 unspecified atom stereocenters. The predicted molar refractivity (Wildman–Crippen MR) is 141 cm³/mol. The van der Waals surface area contributed by atoms with Crippen molar-refractivity contribution in [3.8, 4) is 11.5 Å². The molecule has 0 aliphatic carbocycles. The lowest BCUT2D eigenvalue weighted by Gasteiger charge is -2.33. The fourth-order valence-electron chi connectivity index (χ4n) is 3.63. The second-order valence-corrected chi connectivity index (χ2v) is 10.8. The first-order chi connectivity index (χ1) is 17.0. The number of nitrogens with zero attached hydrogens (tertiary/aromatic N) is 2. The number of ether oxygens (including phenoxy) is 2. The van der Waals surface area contributed by atoms with Crippen LogP contribution in [0.4, 0.5) is 5.69 Å². The third-order valence-electron chi connectivity index (χ3n) is 5.62. The molecule has 0 radical (unpaired) electrons.